The Kier molecular flexibility index (Phi) is 13.6. The maximum atomic E-state index is 14.0. The van der Waals surface area contributed by atoms with Crippen LogP contribution in [-0.4, -0.2) is 55.1 Å². The van der Waals surface area contributed by atoms with Crippen molar-refractivity contribution in [1.82, 2.24) is 30.3 Å². The van der Waals surface area contributed by atoms with Gasteiger partial charge in [0.05, 0.1) is 6.61 Å². The number of hydrogen-bond acceptors (Lipinski definition) is 6. The highest BCUT2D eigenvalue weighted by Gasteiger charge is 2.37. The number of hydrogen-bond donors (Lipinski definition) is 1. The first kappa shape index (κ1) is 33.2. The van der Waals surface area contributed by atoms with Crippen molar-refractivity contribution in [3.63, 3.8) is 0 Å². The number of rotatable bonds is 16. The molecule has 230 valence electrons. The molecule has 10 nitrogen and oxygen atoms in total. The smallest absolute Gasteiger partial charge is 0.268 e. The highest BCUT2D eigenvalue weighted by Crippen LogP contribution is 2.20. The molecule has 1 heterocycles. The fourth-order valence-electron chi connectivity index (χ4n) is 4.32. The molecule has 0 unspecified atom stereocenters. The summed E-state index contributed by atoms with van der Waals surface area (Å²) >= 11 is 0. The van der Waals surface area contributed by atoms with E-state index >= 15 is 0 Å². The summed E-state index contributed by atoms with van der Waals surface area (Å²) in [6.07, 6.45) is 8.30. The lowest BCUT2D eigenvalue weighted by Gasteiger charge is -2.40. The van der Waals surface area contributed by atoms with Gasteiger partial charge in [-0.15, -0.1) is 0 Å². The van der Waals surface area contributed by atoms with Gasteiger partial charge in [-0.25, -0.2) is 25.2 Å². The van der Waals surface area contributed by atoms with Gasteiger partial charge in [-0.1, -0.05) is 107 Å². The average Bonchev–Trinajstić information content (AvgIpc) is 3.52. The molecule has 3 rings (SSSR count). The number of hydrazine groups is 1. The van der Waals surface area contributed by atoms with Gasteiger partial charge < -0.3 is 0 Å². The molecular weight excluding hydrogens is 544 g/mol. The zero-order valence-electron chi connectivity index (χ0n) is 25.6. The number of carbonyl (C=O) groups excluding carboxylic acids is 3. The van der Waals surface area contributed by atoms with E-state index in [9.17, 15) is 14.4 Å². The quantitative estimate of drug-likeness (QED) is 0.235. The fourth-order valence-corrected chi connectivity index (χ4v) is 4.32. The SMILES string of the molecule is CC[C@H](C)CN(C(=O)Cn1cncn1)N(C(=O)CCC(C)C)[C@@H](CC=Cc1ccccc1)C(=O)NOCc1ccccc1. The summed E-state index contributed by atoms with van der Waals surface area (Å²) in [5, 5.41) is 6.86. The maximum absolute atomic E-state index is 14.0. The summed E-state index contributed by atoms with van der Waals surface area (Å²) in [5.41, 5.74) is 4.40. The first-order valence-electron chi connectivity index (χ1n) is 14.9. The number of aromatic nitrogens is 3. The van der Waals surface area contributed by atoms with Gasteiger partial charge in [0.1, 0.15) is 25.2 Å². The minimum absolute atomic E-state index is 0.0676. The van der Waals surface area contributed by atoms with Crippen molar-refractivity contribution in [2.45, 2.75) is 72.6 Å². The Hall–Kier alpha value is -4.31. The zero-order valence-corrected chi connectivity index (χ0v) is 25.6. The third-order valence-electron chi connectivity index (χ3n) is 7.01. The first-order chi connectivity index (χ1) is 20.8. The summed E-state index contributed by atoms with van der Waals surface area (Å²) in [4.78, 5) is 51.2. The van der Waals surface area contributed by atoms with Gasteiger partial charge in [-0.2, -0.15) is 5.10 Å². The summed E-state index contributed by atoms with van der Waals surface area (Å²) in [6.45, 7) is 8.41. The topological polar surface area (TPSA) is 110 Å². The van der Waals surface area contributed by atoms with Crippen LogP contribution in [0.4, 0.5) is 0 Å². The first-order valence-corrected chi connectivity index (χ1v) is 14.9. The van der Waals surface area contributed by atoms with Crippen molar-refractivity contribution in [1.29, 1.82) is 0 Å². The molecule has 0 saturated heterocycles. The van der Waals surface area contributed by atoms with Crippen molar-refractivity contribution >= 4 is 23.8 Å². The van der Waals surface area contributed by atoms with Gasteiger partial charge >= 0.3 is 0 Å². The predicted molar refractivity (Wildman–Crippen MR) is 165 cm³/mol. The van der Waals surface area contributed by atoms with Crippen LogP contribution in [0, 0.1) is 11.8 Å². The molecule has 0 saturated carbocycles. The monoisotopic (exact) mass is 588 g/mol. The molecule has 3 amide bonds. The molecule has 43 heavy (non-hydrogen) atoms. The van der Waals surface area contributed by atoms with E-state index in [-0.39, 0.29) is 56.2 Å². The second-order valence-corrected chi connectivity index (χ2v) is 11.1. The molecule has 0 aliphatic heterocycles. The minimum atomic E-state index is -1.04. The third kappa shape index (κ3) is 11.1. The van der Waals surface area contributed by atoms with Crippen LogP contribution in [0.1, 0.15) is 64.5 Å². The highest BCUT2D eigenvalue weighted by molar-refractivity contribution is 5.89. The third-order valence-corrected chi connectivity index (χ3v) is 7.01. The van der Waals surface area contributed by atoms with Gasteiger partial charge in [0, 0.05) is 13.0 Å². The summed E-state index contributed by atoms with van der Waals surface area (Å²) in [7, 11) is 0. The number of amides is 3. The molecule has 0 fully saturated rings. The molecule has 2 atom stereocenters. The van der Waals surface area contributed by atoms with E-state index in [1.54, 1.807) is 0 Å². The number of carbonyl (C=O) groups is 3. The van der Waals surface area contributed by atoms with Gasteiger partial charge in [0.15, 0.2) is 0 Å². The standard InChI is InChI=1S/C33H44N6O4/c1-5-27(4)21-38(32(41)22-37-25-34-24-35-37)39(31(40)20-19-26(2)3)30(18-12-17-28-13-8-6-9-14-28)33(42)36-43-23-29-15-10-7-11-16-29/h6-17,24-27,30H,5,18-23H2,1-4H3,(H,36,42)/t27-,30-/m0/s1. The molecule has 2 aromatic carbocycles. The number of nitrogens with one attached hydrogen (secondary N) is 1. The second-order valence-electron chi connectivity index (χ2n) is 11.1. The predicted octanol–water partition coefficient (Wildman–Crippen LogP) is 5.05. The van der Waals surface area contributed by atoms with Crippen molar-refractivity contribution in [2.75, 3.05) is 6.54 Å². The molecule has 1 N–H and O–H groups in total. The number of hydroxylamine groups is 1. The van der Waals surface area contributed by atoms with Gasteiger partial charge in [-0.05, 0) is 35.8 Å². The van der Waals surface area contributed by atoms with Crippen LogP contribution >= 0.6 is 0 Å². The van der Waals surface area contributed by atoms with E-state index in [0.29, 0.717) is 6.42 Å². The Morgan fingerprint density at radius 2 is 1.70 bits per heavy atom. The highest BCUT2D eigenvalue weighted by atomic mass is 16.7. The van der Waals surface area contributed by atoms with Gasteiger partial charge in [0.2, 0.25) is 5.91 Å². The van der Waals surface area contributed by atoms with Crippen LogP contribution in [0.15, 0.2) is 79.4 Å². The van der Waals surface area contributed by atoms with Crippen molar-refractivity contribution in [3.8, 4) is 0 Å². The molecule has 1 aromatic heterocycles. The maximum Gasteiger partial charge on any atom is 0.268 e. The lowest BCUT2D eigenvalue weighted by atomic mass is 10.1. The van der Waals surface area contributed by atoms with Crippen LogP contribution < -0.4 is 5.48 Å². The lowest BCUT2D eigenvalue weighted by Crippen LogP contribution is -2.60. The minimum Gasteiger partial charge on any atom is -0.273 e. The van der Waals surface area contributed by atoms with E-state index in [4.69, 9.17) is 4.84 Å². The van der Waals surface area contributed by atoms with Crippen LogP contribution in [0.3, 0.4) is 0 Å². The molecule has 0 aliphatic carbocycles. The van der Waals surface area contributed by atoms with Crippen LogP contribution in [0.2, 0.25) is 0 Å². The molecule has 3 aromatic rings. The molecule has 0 radical (unpaired) electrons. The van der Waals surface area contributed by atoms with Crippen molar-refractivity contribution in [3.05, 3.63) is 90.5 Å². The summed E-state index contributed by atoms with van der Waals surface area (Å²) in [5.74, 6) is -0.856. The molecule has 0 aliphatic rings. The molecule has 0 spiro atoms. The Bertz CT molecular complexity index is 1280. The van der Waals surface area contributed by atoms with Gasteiger partial charge in [0.25, 0.3) is 11.8 Å². The van der Waals surface area contributed by atoms with E-state index in [0.717, 1.165) is 17.5 Å². The Balaban J connectivity index is 1.97. The average molecular weight is 589 g/mol. The Morgan fingerprint density at radius 1 is 1.00 bits per heavy atom. The molecule has 0 bridgehead atoms. The van der Waals surface area contributed by atoms with E-state index in [1.807, 2.05) is 101 Å². The Morgan fingerprint density at radius 3 is 2.33 bits per heavy atom. The van der Waals surface area contributed by atoms with Crippen molar-refractivity contribution in [2.24, 2.45) is 11.8 Å². The van der Waals surface area contributed by atoms with Crippen LogP contribution in [-0.2, 0) is 32.4 Å². The normalized spacial score (nSPS) is 12.7. The number of nitrogens with zero attached hydrogens (tertiary/aromatic N) is 5. The van der Waals surface area contributed by atoms with E-state index in [1.165, 1.54) is 27.4 Å². The second kappa shape index (κ2) is 17.6. The molecular formula is C33H44N6O4. The molecule has 10 heteroatoms. The largest absolute Gasteiger partial charge is 0.273 e. The van der Waals surface area contributed by atoms with E-state index in [2.05, 4.69) is 15.6 Å². The Labute approximate surface area is 254 Å². The number of benzene rings is 2. The zero-order chi connectivity index (χ0) is 31.0. The van der Waals surface area contributed by atoms with E-state index < -0.39 is 11.9 Å². The summed E-state index contributed by atoms with van der Waals surface area (Å²) in [6, 6.07) is 18.1. The lowest BCUT2D eigenvalue weighted by molar-refractivity contribution is -0.177. The van der Waals surface area contributed by atoms with Crippen LogP contribution in [0.25, 0.3) is 6.08 Å². The fraction of sp³-hybridized carbons (Fsp3) is 0.424. The van der Waals surface area contributed by atoms with Gasteiger partial charge in [-0.3, -0.25) is 19.2 Å². The van der Waals surface area contributed by atoms with Crippen LogP contribution in [0.5, 0.6) is 0 Å². The van der Waals surface area contributed by atoms with Crippen molar-refractivity contribution < 1.29 is 19.2 Å². The summed E-state index contributed by atoms with van der Waals surface area (Å²) < 4.78 is 1.41.